The molecule has 0 radical (unpaired) electrons. The second-order valence-corrected chi connectivity index (χ2v) is 5.76. The van der Waals surface area contributed by atoms with Gasteiger partial charge in [-0.25, -0.2) is 0 Å². The first-order valence-corrected chi connectivity index (χ1v) is 8.30. The Bertz CT molecular complexity index is 177. The van der Waals surface area contributed by atoms with Crippen molar-refractivity contribution in [3.8, 4) is 0 Å². The van der Waals surface area contributed by atoms with Crippen LogP contribution >= 0.6 is 0 Å². The lowest BCUT2D eigenvalue weighted by Crippen LogP contribution is -2.51. The van der Waals surface area contributed by atoms with Gasteiger partial charge in [0.15, 0.2) is 0 Å². The molecule has 2 unspecified atom stereocenters. The maximum absolute atomic E-state index is 3.76. The van der Waals surface area contributed by atoms with Gasteiger partial charge in [0.2, 0.25) is 0 Å². The summed E-state index contributed by atoms with van der Waals surface area (Å²) in [6, 6.07) is 1.51. The topological polar surface area (TPSA) is 15.3 Å². The normalized spacial score (nSPS) is 26.0. The van der Waals surface area contributed by atoms with E-state index >= 15 is 0 Å². The van der Waals surface area contributed by atoms with Crippen molar-refractivity contribution in [2.24, 2.45) is 0 Å². The van der Waals surface area contributed by atoms with Gasteiger partial charge in [-0.2, -0.15) is 0 Å². The van der Waals surface area contributed by atoms with Gasteiger partial charge in [-0.15, -0.1) is 0 Å². The molecule has 0 heterocycles. The zero-order chi connectivity index (χ0) is 13.2. The molecule has 0 aromatic heterocycles. The zero-order valence-electron chi connectivity index (χ0n) is 12.9. The SMILES string of the molecule is CCCN(CCC)C1CCCCCCC1NCC. The van der Waals surface area contributed by atoms with Gasteiger partial charge in [0, 0.05) is 12.1 Å². The Morgan fingerprint density at radius 1 is 0.889 bits per heavy atom. The van der Waals surface area contributed by atoms with E-state index in [1.807, 2.05) is 0 Å². The van der Waals surface area contributed by atoms with Crippen molar-refractivity contribution < 1.29 is 0 Å². The smallest absolute Gasteiger partial charge is 0.0249 e. The Labute approximate surface area is 115 Å². The van der Waals surface area contributed by atoms with E-state index in [1.165, 1.54) is 64.5 Å². The van der Waals surface area contributed by atoms with E-state index in [2.05, 4.69) is 31.0 Å². The molecule has 1 saturated carbocycles. The number of hydrogen-bond acceptors (Lipinski definition) is 2. The molecule has 0 spiro atoms. The van der Waals surface area contributed by atoms with Crippen molar-refractivity contribution in [2.75, 3.05) is 19.6 Å². The van der Waals surface area contributed by atoms with E-state index in [0.29, 0.717) is 0 Å². The molecule has 0 bridgehead atoms. The first kappa shape index (κ1) is 16.0. The fraction of sp³-hybridized carbons (Fsp3) is 1.00. The van der Waals surface area contributed by atoms with Gasteiger partial charge in [-0.3, -0.25) is 4.90 Å². The lowest BCUT2D eigenvalue weighted by Gasteiger charge is -2.39. The fourth-order valence-corrected chi connectivity index (χ4v) is 3.42. The maximum Gasteiger partial charge on any atom is 0.0249 e. The fourth-order valence-electron chi connectivity index (χ4n) is 3.42. The van der Waals surface area contributed by atoms with Crippen LogP contribution in [-0.4, -0.2) is 36.6 Å². The van der Waals surface area contributed by atoms with Crippen LogP contribution < -0.4 is 5.32 Å². The molecule has 0 aromatic carbocycles. The van der Waals surface area contributed by atoms with Crippen molar-refractivity contribution in [2.45, 2.75) is 84.2 Å². The molecule has 1 rings (SSSR count). The van der Waals surface area contributed by atoms with Crippen LogP contribution in [0.1, 0.15) is 72.1 Å². The van der Waals surface area contributed by atoms with Gasteiger partial charge >= 0.3 is 0 Å². The van der Waals surface area contributed by atoms with Crippen LogP contribution in [0, 0.1) is 0 Å². The third kappa shape index (κ3) is 5.27. The van der Waals surface area contributed by atoms with Gasteiger partial charge in [-0.1, -0.05) is 46.5 Å². The third-order valence-corrected chi connectivity index (χ3v) is 4.19. The van der Waals surface area contributed by atoms with Crippen LogP contribution in [0.3, 0.4) is 0 Å². The molecule has 2 heteroatoms. The Balaban J connectivity index is 2.66. The van der Waals surface area contributed by atoms with Crippen molar-refractivity contribution in [1.29, 1.82) is 0 Å². The summed E-state index contributed by atoms with van der Waals surface area (Å²) < 4.78 is 0. The van der Waals surface area contributed by atoms with E-state index in [1.54, 1.807) is 0 Å². The molecule has 2 nitrogen and oxygen atoms in total. The maximum atomic E-state index is 3.76. The molecule has 0 saturated heterocycles. The first-order valence-electron chi connectivity index (χ1n) is 8.30. The van der Waals surface area contributed by atoms with Crippen LogP contribution in [0.15, 0.2) is 0 Å². The standard InChI is InChI=1S/C16H34N2/c1-4-13-18(14-5-2)16-12-10-8-7-9-11-15(16)17-6-3/h15-17H,4-14H2,1-3H3. The van der Waals surface area contributed by atoms with Crippen LogP contribution in [0.2, 0.25) is 0 Å². The van der Waals surface area contributed by atoms with Gasteiger partial charge in [0.05, 0.1) is 0 Å². The quantitative estimate of drug-likeness (QED) is 0.743. The molecule has 0 aromatic rings. The Morgan fingerprint density at radius 2 is 1.50 bits per heavy atom. The van der Waals surface area contributed by atoms with E-state index < -0.39 is 0 Å². The zero-order valence-corrected chi connectivity index (χ0v) is 12.9. The summed E-state index contributed by atoms with van der Waals surface area (Å²) >= 11 is 0. The molecule has 2 atom stereocenters. The summed E-state index contributed by atoms with van der Waals surface area (Å²) in [5, 5.41) is 3.76. The van der Waals surface area contributed by atoms with Gasteiger partial charge in [0.25, 0.3) is 0 Å². The summed E-state index contributed by atoms with van der Waals surface area (Å²) in [6.07, 6.45) is 11.1. The van der Waals surface area contributed by atoms with E-state index in [-0.39, 0.29) is 0 Å². The highest BCUT2D eigenvalue weighted by Gasteiger charge is 2.26. The predicted octanol–water partition coefficient (Wildman–Crippen LogP) is 3.81. The van der Waals surface area contributed by atoms with Crippen LogP contribution in [0.5, 0.6) is 0 Å². The lowest BCUT2D eigenvalue weighted by molar-refractivity contribution is 0.133. The van der Waals surface area contributed by atoms with E-state index in [9.17, 15) is 0 Å². The average Bonchev–Trinajstić information content (AvgIpc) is 2.33. The third-order valence-electron chi connectivity index (χ3n) is 4.19. The number of hydrogen-bond donors (Lipinski definition) is 1. The highest BCUT2D eigenvalue weighted by Crippen LogP contribution is 2.22. The van der Waals surface area contributed by atoms with E-state index in [0.717, 1.165) is 18.6 Å². The minimum absolute atomic E-state index is 0.730. The Morgan fingerprint density at radius 3 is 2.06 bits per heavy atom. The second-order valence-electron chi connectivity index (χ2n) is 5.76. The highest BCUT2D eigenvalue weighted by atomic mass is 15.2. The molecular formula is C16H34N2. The second kappa shape index (κ2) is 9.80. The minimum Gasteiger partial charge on any atom is -0.313 e. The lowest BCUT2D eigenvalue weighted by atomic mass is 9.90. The van der Waals surface area contributed by atoms with Crippen molar-refractivity contribution in [3.05, 3.63) is 0 Å². The molecule has 1 aliphatic carbocycles. The molecule has 1 aliphatic rings. The summed E-state index contributed by atoms with van der Waals surface area (Å²) in [7, 11) is 0. The monoisotopic (exact) mass is 254 g/mol. The van der Waals surface area contributed by atoms with Gasteiger partial charge < -0.3 is 5.32 Å². The summed E-state index contributed by atoms with van der Waals surface area (Å²) in [4.78, 5) is 2.76. The minimum atomic E-state index is 0.730. The molecule has 1 N–H and O–H groups in total. The number of likely N-dealkylation sites (N-methyl/N-ethyl adjacent to an activating group) is 1. The number of nitrogens with one attached hydrogen (secondary N) is 1. The molecule has 1 fully saturated rings. The molecule has 0 aliphatic heterocycles. The molecule has 0 amide bonds. The van der Waals surface area contributed by atoms with Crippen LogP contribution in [0.25, 0.3) is 0 Å². The van der Waals surface area contributed by atoms with Crippen LogP contribution in [-0.2, 0) is 0 Å². The van der Waals surface area contributed by atoms with Gasteiger partial charge in [0.1, 0.15) is 0 Å². The Hall–Kier alpha value is -0.0800. The Kier molecular flexibility index (Phi) is 8.70. The van der Waals surface area contributed by atoms with Crippen molar-refractivity contribution in [1.82, 2.24) is 10.2 Å². The van der Waals surface area contributed by atoms with Gasteiger partial charge in [-0.05, 0) is 45.3 Å². The summed E-state index contributed by atoms with van der Waals surface area (Å²) in [5.41, 5.74) is 0. The summed E-state index contributed by atoms with van der Waals surface area (Å²) in [6.45, 7) is 10.6. The molecule has 108 valence electrons. The predicted molar refractivity (Wildman–Crippen MR) is 81.1 cm³/mol. The molecule has 18 heavy (non-hydrogen) atoms. The van der Waals surface area contributed by atoms with Crippen molar-refractivity contribution in [3.63, 3.8) is 0 Å². The van der Waals surface area contributed by atoms with Crippen molar-refractivity contribution >= 4 is 0 Å². The number of nitrogens with zero attached hydrogens (tertiary/aromatic N) is 1. The largest absolute Gasteiger partial charge is 0.313 e. The number of rotatable bonds is 7. The summed E-state index contributed by atoms with van der Waals surface area (Å²) in [5.74, 6) is 0. The molecular weight excluding hydrogens is 220 g/mol. The van der Waals surface area contributed by atoms with Crippen LogP contribution in [0.4, 0.5) is 0 Å². The average molecular weight is 254 g/mol. The van der Waals surface area contributed by atoms with E-state index in [4.69, 9.17) is 0 Å². The first-order chi connectivity index (χ1) is 8.83. The highest BCUT2D eigenvalue weighted by molar-refractivity contribution is 4.85.